The minimum atomic E-state index is 0.530. The summed E-state index contributed by atoms with van der Waals surface area (Å²) in [6.45, 7) is 2.86. The molecule has 0 spiro atoms. The lowest BCUT2D eigenvalue weighted by atomic mass is 10.3. The van der Waals surface area contributed by atoms with Crippen molar-refractivity contribution in [3.8, 4) is 5.75 Å². The molecule has 8 nitrogen and oxygen atoms in total. The van der Waals surface area contributed by atoms with Crippen molar-refractivity contribution in [2.24, 2.45) is 7.05 Å². The van der Waals surface area contributed by atoms with E-state index in [4.69, 9.17) is 26.1 Å². The zero-order valence-corrected chi connectivity index (χ0v) is 15.3. The molecule has 1 saturated heterocycles. The number of nitrogens with zero attached hydrogens (tertiary/aromatic N) is 5. The van der Waals surface area contributed by atoms with Crippen LogP contribution in [-0.2, 0) is 11.8 Å². The molecule has 2 aromatic heterocycles. The Morgan fingerprint density at radius 3 is 2.77 bits per heavy atom. The van der Waals surface area contributed by atoms with Crippen molar-refractivity contribution in [2.45, 2.75) is 0 Å². The lowest BCUT2D eigenvalue weighted by molar-refractivity contribution is 0.122. The number of fused-ring (bicyclic) bond motifs is 1. The molecule has 0 saturated carbocycles. The van der Waals surface area contributed by atoms with Crippen LogP contribution in [-0.4, -0.2) is 53.2 Å². The van der Waals surface area contributed by atoms with Gasteiger partial charge in [-0.1, -0.05) is 11.6 Å². The Kier molecular flexibility index (Phi) is 4.52. The van der Waals surface area contributed by atoms with Crippen molar-refractivity contribution in [3.63, 3.8) is 0 Å². The minimum Gasteiger partial charge on any atom is -0.495 e. The molecular weight excluding hydrogens is 356 g/mol. The second-order valence-electron chi connectivity index (χ2n) is 5.95. The molecule has 1 aliphatic heterocycles. The van der Waals surface area contributed by atoms with Gasteiger partial charge in [0.25, 0.3) is 0 Å². The Bertz CT molecular complexity index is 938. The molecular formula is C17H19ClN6O2. The molecule has 136 valence electrons. The molecule has 1 fully saturated rings. The number of hydrogen-bond acceptors (Lipinski definition) is 7. The third kappa shape index (κ3) is 3.13. The lowest BCUT2D eigenvalue weighted by Gasteiger charge is -2.27. The Morgan fingerprint density at radius 1 is 1.23 bits per heavy atom. The number of aromatic nitrogens is 4. The Hall–Kier alpha value is -2.58. The van der Waals surface area contributed by atoms with Crippen molar-refractivity contribution in [3.05, 3.63) is 29.4 Å². The van der Waals surface area contributed by atoms with Gasteiger partial charge in [-0.2, -0.15) is 15.1 Å². The van der Waals surface area contributed by atoms with E-state index in [2.05, 4.69) is 20.3 Å². The summed E-state index contributed by atoms with van der Waals surface area (Å²) in [5.74, 6) is 1.97. The zero-order valence-electron chi connectivity index (χ0n) is 14.6. The molecule has 3 aromatic rings. The summed E-state index contributed by atoms with van der Waals surface area (Å²) < 4.78 is 12.4. The van der Waals surface area contributed by atoms with Gasteiger partial charge in [0.05, 0.1) is 36.9 Å². The normalized spacial score (nSPS) is 14.7. The van der Waals surface area contributed by atoms with Crippen molar-refractivity contribution >= 4 is 40.1 Å². The van der Waals surface area contributed by atoms with Gasteiger partial charge in [-0.25, -0.2) is 0 Å². The molecule has 0 amide bonds. The second kappa shape index (κ2) is 6.97. The number of anilines is 3. The standard InChI is InChI=1S/C17H19ClN6O2/c1-23-16-12(10-19-23)15(20-11-3-4-14(25-2)13(18)9-11)21-17(22-16)24-5-7-26-8-6-24/h3-4,9-10H,5-8H2,1-2H3,(H,20,21,22). The van der Waals surface area contributed by atoms with Crippen LogP contribution in [0.25, 0.3) is 11.0 Å². The van der Waals surface area contributed by atoms with Crippen LogP contribution in [0, 0.1) is 0 Å². The highest BCUT2D eigenvalue weighted by molar-refractivity contribution is 6.32. The summed E-state index contributed by atoms with van der Waals surface area (Å²) in [6.07, 6.45) is 1.76. The van der Waals surface area contributed by atoms with Gasteiger partial charge in [0.2, 0.25) is 5.95 Å². The molecule has 0 radical (unpaired) electrons. The van der Waals surface area contributed by atoms with Gasteiger partial charge >= 0.3 is 0 Å². The fourth-order valence-corrected chi connectivity index (χ4v) is 3.15. The molecule has 0 aliphatic carbocycles. The van der Waals surface area contributed by atoms with Crippen LogP contribution in [0.2, 0.25) is 5.02 Å². The van der Waals surface area contributed by atoms with Gasteiger partial charge in [0.1, 0.15) is 11.6 Å². The molecule has 1 aliphatic rings. The lowest BCUT2D eigenvalue weighted by Crippen LogP contribution is -2.37. The Balaban J connectivity index is 1.74. The van der Waals surface area contributed by atoms with Crippen LogP contribution in [0.15, 0.2) is 24.4 Å². The van der Waals surface area contributed by atoms with E-state index in [0.717, 1.165) is 29.8 Å². The summed E-state index contributed by atoms with van der Waals surface area (Å²) in [5, 5.41) is 9.02. The number of benzene rings is 1. The Labute approximate surface area is 155 Å². The average Bonchev–Trinajstić information content (AvgIpc) is 3.04. The predicted molar refractivity (Wildman–Crippen MR) is 101 cm³/mol. The topological polar surface area (TPSA) is 77.3 Å². The first-order valence-electron chi connectivity index (χ1n) is 8.28. The van der Waals surface area contributed by atoms with Crippen LogP contribution < -0.4 is 15.0 Å². The average molecular weight is 375 g/mol. The molecule has 9 heteroatoms. The second-order valence-corrected chi connectivity index (χ2v) is 6.36. The maximum atomic E-state index is 6.23. The number of hydrogen-bond donors (Lipinski definition) is 1. The molecule has 0 atom stereocenters. The number of morpholine rings is 1. The summed E-state index contributed by atoms with van der Waals surface area (Å²) in [4.78, 5) is 11.5. The summed E-state index contributed by atoms with van der Waals surface area (Å²) >= 11 is 6.23. The van der Waals surface area contributed by atoms with Crippen molar-refractivity contribution < 1.29 is 9.47 Å². The van der Waals surface area contributed by atoms with Crippen LogP contribution in [0.4, 0.5) is 17.5 Å². The van der Waals surface area contributed by atoms with Crippen molar-refractivity contribution in [1.82, 2.24) is 19.7 Å². The molecule has 3 heterocycles. The van der Waals surface area contributed by atoms with E-state index in [0.29, 0.717) is 35.8 Å². The molecule has 0 bridgehead atoms. The number of nitrogens with one attached hydrogen (secondary N) is 1. The van der Waals surface area contributed by atoms with Gasteiger partial charge in [-0.15, -0.1) is 0 Å². The maximum absolute atomic E-state index is 6.23. The molecule has 1 N–H and O–H groups in total. The SMILES string of the molecule is COc1ccc(Nc2nc(N3CCOCC3)nc3c2cnn3C)cc1Cl. The quantitative estimate of drug-likeness (QED) is 0.752. The fourth-order valence-electron chi connectivity index (χ4n) is 2.89. The highest BCUT2D eigenvalue weighted by Gasteiger charge is 2.18. The van der Waals surface area contributed by atoms with Crippen LogP contribution in [0.5, 0.6) is 5.75 Å². The summed E-state index contributed by atoms with van der Waals surface area (Å²) in [5.41, 5.74) is 1.58. The van der Waals surface area contributed by atoms with E-state index in [1.165, 1.54) is 0 Å². The smallest absolute Gasteiger partial charge is 0.229 e. The van der Waals surface area contributed by atoms with Crippen molar-refractivity contribution in [1.29, 1.82) is 0 Å². The van der Waals surface area contributed by atoms with Crippen LogP contribution in [0.1, 0.15) is 0 Å². The van der Waals surface area contributed by atoms with Crippen LogP contribution >= 0.6 is 11.6 Å². The highest BCUT2D eigenvalue weighted by Crippen LogP contribution is 2.31. The zero-order chi connectivity index (χ0) is 18.1. The first-order chi connectivity index (χ1) is 12.7. The van der Waals surface area contributed by atoms with E-state index in [9.17, 15) is 0 Å². The maximum Gasteiger partial charge on any atom is 0.229 e. The number of rotatable bonds is 4. The molecule has 0 unspecified atom stereocenters. The number of methoxy groups -OCH3 is 1. The third-order valence-corrected chi connectivity index (χ3v) is 4.58. The van der Waals surface area contributed by atoms with Crippen LogP contribution in [0.3, 0.4) is 0 Å². The first kappa shape index (κ1) is 16.9. The van der Waals surface area contributed by atoms with E-state index in [1.54, 1.807) is 24.1 Å². The summed E-state index contributed by atoms with van der Waals surface area (Å²) in [7, 11) is 3.46. The minimum absolute atomic E-state index is 0.530. The van der Waals surface area contributed by atoms with E-state index < -0.39 is 0 Å². The van der Waals surface area contributed by atoms with Gasteiger partial charge in [0.15, 0.2) is 5.65 Å². The monoisotopic (exact) mass is 374 g/mol. The first-order valence-corrected chi connectivity index (χ1v) is 8.66. The Morgan fingerprint density at radius 2 is 2.04 bits per heavy atom. The van der Waals surface area contributed by atoms with E-state index in [-0.39, 0.29) is 0 Å². The number of ether oxygens (including phenoxy) is 2. The number of aryl methyl sites for hydroxylation is 1. The van der Waals surface area contributed by atoms with Gasteiger partial charge in [-0.05, 0) is 18.2 Å². The highest BCUT2D eigenvalue weighted by atomic mass is 35.5. The van der Waals surface area contributed by atoms with Gasteiger partial charge in [-0.3, -0.25) is 4.68 Å². The van der Waals surface area contributed by atoms with Gasteiger partial charge in [0, 0.05) is 25.8 Å². The van der Waals surface area contributed by atoms with E-state index in [1.807, 2.05) is 19.2 Å². The predicted octanol–water partition coefficient (Wildman–Crippen LogP) is 2.61. The molecule has 1 aromatic carbocycles. The fraction of sp³-hybridized carbons (Fsp3) is 0.353. The third-order valence-electron chi connectivity index (χ3n) is 4.29. The largest absolute Gasteiger partial charge is 0.495 e. The van der Waals surface area contributed by atoms with Crippen molar-refractivity contribution in [2.75, 3.05) is 43.6 Å². The molecule has 26 heavy (non-hydrogen) atoms. The number of halogens is 1. The van der Waals surface area contributed by atoms with Gasteiger partial charge < -0.3 is 19.7 Å². The summed E-state index contributed by atoms with van der Waals surface area (Å²) in [6, 6.07) is 5.51. The molecule has 4 rings (SSSR count). The van der Waals surface area contributed by atoms with E-state index >= 15 is 0 Å².